The van der Waals surface area contributed by atoms with Crippen LogP contribution in [-0.2, 0) is 4.79 Å². The maximum absolute atomic E-state index is 12.6. The summed E-state index contributed by atoms with van der Waals surface area (Å²) in [6.07, 6.45) is 3.35. The molecule has 28 heavy (non-hydrogen) atoms. The third-order valence-electron chi connectivity index (χ3n) is 3.96. The molecule has 7 nitrogen and oxygen atoms in total. The van der Waals surface area contributed by atoms with Crippen molar-refractivity contribution in [2.24, 2.45) is 0 Å². The molecule has 0 fully saturated rings. The summed E-state index contributed by atoms with van der Waals surface area (Å²) < 4.78 is 6.65. The highest BCUT2D eigenvalue weighted by atomic mass is 35.5. The van der Waals surface area contributed by atoms with Gasteiger partial charge in [-0.25, -0.2) is 0 Å². The molecule has 1 aromatic carbocycles. The van der Waals surface area contributed by atoms with E-state index in [4.69, 9.17) is 21.4 Å². The zero-order chi connectivity index (χ0) is 20.1. The smallest absolute Gasteiger partial charge is 0.262 e. The summed E-state index contributed by atoms with van der Waals surface area (Å²) in [5.41, 5.74) is 0. The Morgan fingerprint density at radius 3 is 2.71 bits per heavy atom. The molecular formula is C19H18ClN3O4S. The fourth-order valence-electron chi connectivity index (χ4n) is 2.56. The summed E-state index contributed by atoms with van der Waals surface area (Å²) >= 11 is 7.13. The summed E-state index contributed by atoms with van der Waals surface area (Å²) in [6, 6.07) is 7.81. The van der Waals surface area contributed by atoms with Crippen molar-refractivity contribution in [2.45, 2.75) is 12.5 Å². The van der Waals surface area contributed by atoms with Crippen molar-refractivity contribution >= 4 is 44.8 Å². The van der Waals surface area contributed by atoms with Gasteiger partial charge in [0, 0.05) is 30.3 Å². The predicted molar refractivity (Wildman–Crippen MR) is 108 cm³/mol. The second-order valence-corrected chi connectivity index (χ2v) is 7.39. The van der Waals surface area contributed by atoms with Crippen molar-refractivity contribution in [1.29, 1.82) is 0 Å². The van der Waals surface area contributed by atoms with Crippen LogP contribution in [0.4, 0.5) is 0 Å². The Morgan fingerprint density at radius 2 is 2.04 bits per heavy atom. The molecule has 0 unspecified atom stereocenters. The molecule has 3 N–H and O–H groups in total. The number of nitrogens with one attached hydrogen (secondary N) is 2. The first-order valence-corrected chi connectivity index (χ1v) is 9.65. The average Bonchev–Trinajstić information content (AvgIpc) is 3.14. The van der Waals surface area contributed by atoms with Gasteiger partial charge in [-0.2, -0.15) is 0 Å². The van der Waals surface area contributed by atoms with Crippen LogP contribution in [0.5, 0.6) is 11.5 Å². The number of nitrogens with zero attached hydrogens (tertiary/aromatic N) is 1. The molecule has 0 spiro atoms. The minimum absolute atomic E-state index is 0.128. The molecule has 0 saturated carbocycles. The predicted octanol–water partition coefficient (Wildman–Crippen LogP) is 2.97. The number of likely N-dealkylation sites (N-methyl/N-ethyl adjacent to an activating group) is 1. The molecule has 0 aliphatic carbocycles. The third-order valence-corrected chi connectivity index (χ3v) is 5.28. The Hall–Kier alpha value is -2.68. The number of pyridine rings is 1. The van der Waals surface area contributed by atoms with Crippen LogP contribution >= 0.6 is 22.9 Å². The van der Waals surface area contributed by atoms with Crippen molar-refractivity contribution < 1.29 is 19.4 Å². The van der Waals surface area contributed by atoms with Crippen LogP contribution < -0.4 is 15.4 Å². The highest BCUT2D eigenvalue weighted by molar-refractivity contribution is 7.20. The minimum Gasteiger partial charge on any atom is -0.455 e. The monoisotopic (exact) mass is 419 g/mol. The summed E-state index contributed by atoms with van der Waals surface area (Å²) in [5, 5.41) is 15.6. The largest absolute Gasteiger partial charge is 0.455 e. The number of carbonyl (C=O) groups is 2. The van der Waals surface area contributed by atoms with E-state index in [0.717, 1.165) is 10.1 Å². The number of rotatable bonds is 7. The second-order valence-electron chi connectivity index (χ2n) is 5.87. The van der Waals surface area contributed by atoms with Gasteiger partial charge >= 0.3 is 0 Å². The Kier molecular flexibility index (Phi) is 6.45. The topological polar surface area (TPSA) is 101 Å². The van der Waals surface area contributed by atoms with E-state index in [1.165, 1.54) is 18.4 Å². The zero-order valence-electron chi connectivity index (χ0n) is 14.9. The first-order valence-electron chi connectivity index (χ1n) is 8.46. The van der Waals surface area contributed by atoms with Crippen molar-refractivity contribution in [3.63, 3.8) is 0 Å². The number of aliphatic hydroxyl groups excluding tert-OH is 1. The van der Waals surface area contributed by atoms with E-state index in [1.54, 1.807) is 42.7 Å². The van der Waals surface area contributed by atoms with Crippen LogP contribution in [0.25, 0.3) is 10.1 Å². The van der Waals surface area contributed by atoms with Gasteiger partial charge in [0.25, 0.3) is 5.91 Å². The number of hydrogen-bond donors (Lipinski definition) is 3. The van der Waals surface area contributed by atoms with Crippen LogP contribution in [0.1, 0.15) is 16.1 Å². The Labute approximate surface area is 170 Å². The van der Waals surface area contributed by atoms with Gasteiger partial charge in [-0.1, -0.05) is 11.6 Å². The first-order chi connectivity index (χ1) is 13.5. The number of thiophene rings is 1. The van der Waals surface area contributed by atoms with E-state index < -0.39 is 11.9 Å². The molecular weight excluding hydrogens is 402 g/mol. The van der Waals surface area contributed by atoms with E-state index in [0.29, 0.717) is 21.4 Å². The molecule has 2 aromatic heterocycles. The normalized spacial score (nSPS) is 11.8. The number of hydrogen-bond acceptors (Lipinski definition) is 6. The maximum Gasteiger partial charge on any atom is 0.262 e. The van der Waals surface area contributed by atoms with Gasteiger partial charge in [0.1, 0.15) is 11.8 Å². The SMILES string of the molecule is CNC(=O)[C@@H](CCO)NC(=O)c1cc2c(Oc3ccc(Cl)cc3)cncc2s1. The minimum atomic E-state index is -0.810. The molecule has 2 amide bonds. The summed E-state index contributed by atoms with van der Waals surface area (Å²) in [6.45, 7) is -0.215. The lowest BCUT2D eigenvalue weighted by atomic mass is 10.2. The fraction of sp³-hybridized carbons (Fsp3) is 0.211. The maximum atomic E-state index is 12.6. The van der Waals surface area contributed by atoms with Gasteiger partial charge in [0.2, 0.25) is 5.91 Å². The summed E-state index contributed by atoms with van der Waals surface area (Å²) in [4.78, 5) is 29.0. The van der Waals surface area contributed by atoms with Gasteiger partial charge in [0.15, 0.2) is 5.75 Å². The quantitative estimate of drug-likeness (QED) is 0.546. The molecule has 0 aliphatic heterocycles. The van der Waals surface area contributed by atoms with Crippen molar-refractivity contribution in [1.82, 2.24) is 15.6 Å². The molecule has 0 saturated heterocycles. The molecule has 9 heteroatoms. The number of aromatic nitrogens is 1. The standard InChI is InChI=1S/C19H18ClN3O4S/c1-21-18(25)14(6-7-24)23-19(26)16-8-13-15(9-22-10-17(13)28-16)27-12-4-2-11(20)3-5-12/h2-5,8-10,14,24H,6-7H2,1H3,(H,21,25)(H,23,26)/t14-/m1/s1. The number of aliphatic hydroxyl groups is 1. The van der Waals surface area contributed by atoms with E-state index in [2.05, 4.69) is 15.6 Å². The molecule has 1 atom stereocenters. The van der Waals surface area contributed by atoms with E-state index >= 15 is 0 Å². The van der Waals surface area contributed by atoms with Crippen molar-refractivity contribution in [3.05, 3.63) is 52.6 Å². The molecule has 3 rings (SSSR count). The Morgan fingerprint density at radius 1 is 1.29 bits per heavy atom. The molecule has 0 bridgehead atoms. The Balaban J connectivity index is 1.84. The second kappa shape index (κ2) is 9.01. The highest BCUT2D eigenvalue weighted by Crippen LogP contribution is 2.34. The summed E-state index contributed by atoms with van der Waals surface area (Å²) in [7, 11) is 1.48. The van der Waals surface area contributed by atoms with Crippen LogP contribution in [-0.4, -0.2) is 41.6 Å². The lowest BCUT2D eigenvalue weighted by Crippen LogP contribution is -2.46. The number of ether oxygens (including phenoxy) is 1. The first kappa shape index (κ1) is 20.1. The van der Waals surface area contributed by atoms with E-state index in [1.807, 2.05) is 0 Å². The van der Waals surface area contributed by atoms with Crippen LogP contribution in [0.2, 0.25) is 5.02 Å². The van der Waals surface area contributed by atoms with Crippen molar-refractivity contribution in [2.75, 3.05) is 13.7 Å². The van der Waals surface area contributed by atoms with Gasteiger partial charge < -0.3 is 20.5 Å². The Bertz CT molecular complexity index is 991. The van der Waals surface area contributed by atoms with Crippen LogP contribution in [0, 0.1) is 0 Å². The van der Waals surface area contributed by atoms with Crippen LogP contribution in [0.15, 0.2) is 42.7 Å². The fourth-order valence-corrected chi connectivity index (χ4v) is 3.63. The number of fused-ring (bicyclic) bond motifs is 1. The van der Waals surface area contributed by atoms with Gasteiger partial charge in [-0.3, -0.25) is 14.6 Å². The molecule has 2 heterocycles. The molecule has 0 radical (unpaired) electrons. The molecule has 3 aromatic rings. The highest BCUT2D eigenvalue weighted by Gasteiger charge is 2.21. The van der Waals surface area contributed by atoms with E-state index in [-0.39, 0.29) is 18.9 Å². The average molecular weight is 420 g/mol. The summed E-state index contributed by atoms with van der Waals surface area (Å²) in [5.74, 6) is 0.337. The number of carbonyl (C=O) groups excluding carboxylic acids is 2. The third kappa shape index (κ3) is 4.59. The molecule has 146 valence electrons. The zero-order valence-corrected chi connectivity index (χ0v) is 16.5. The number of amides is 2. The van der Waals surface area contributed by atoms with Gasteiger partial charge in [0.05, 0.1) is 15.8 Å². The molecule has 0 aliphatic rings. The van der Waals surface area contributed by atoms with E-state index in [9.17, 15) is 9.59 Å². The van der Waals surface area contributed by atoms with Crippen LogP contribution in [0.3, 0.4) is 0 Å². The lowest BCUT2D eigenvalue weighted by Gasteiger charge is -2.15. The number of halogens is 1. The number of benzene rings is 1. The van der Waals surface area contributed by atoms with Gasteiger partial charge in [-0.05, 0) is 36.8 Å². The lowest BCUT2D eigenvalue weighted by molar-refractivity contribution is -0.122. The van der Waals surface area contributed by atoms with Gasteiger partial charge in [-0.15, -0.1) is 11.3 Å². The van der Waals surface area contributed by atoms with Crippen molar-refractivity contribution in [3.8, 4) is 11.5 Å².